The van der Waals surface area contributed by atoms with Gasteiger partial charge in [0.05, 0.1) is 26.8 Å². The summed E-state index contributed by atoms with van der Waals surface area (Å²) in [6.07, 6.45) is 4.61. The zero-order chi connectivity index (χ0) is 26.0. The standard InChI is InChI=1S/C26H30N6O3S2/c1-3-25(23(33)34)8-10-27-15-21(25)26(31-24(35)28-4-2)32(11-12-37-26)17-13-18(19-7-5-6-9-29-19)22-20(14-17)30-16-36-22/h5-7,9,11-14,16,21,27H,3-4,8,10,15H2,1-2H3,(H,33,34)(H2,28,31,35). The van der Waals surface area contributed by atoms with E-state index in [2.05, 4.69) is 32.0 Å². The lowest BCUT2D eigenvalue weighted by molar-refractivity contribution is -0.156. The first-order chi connectivity index (χ1) is 17.9. The number of carbonyl (C=O) groups excluding carboxylic acids is 1. The van der Waals surface area contributed by atoms with Crippen molar-refractivity contribution in [3.8, 4) is 11.3 Å². The topological polar surface area (TPSA) is 119 Å². The summed E-state index contributed by atoms with van der Waals surface area (Å²) in [5.74, 6) is -1.28. The summed E-state index contributed by atoms with van der Waals surface area (Å²) in [5.41, 5.74) is 4.18. The molecule has 0 radical (unpaired) electrons. The van der Waals surface area contributed by atoms with Crippen molar-refractivity contribution in [2.24, 2.45) is 11.3 Å². The van der Waals surface area contributed by atoms with E-state index >= 15 is 0 Å². The number of hydrogen-bond acceptors (Lipinski definition) is 8. The quantitative estimate of drug-likeness (QED) is 0.348. The van der Waals surface area contributed by atoms with Crippen molar-refractivity contribution in [1.82, 2.24) is 25.9 Å². The van der Waals surface area contributed by atoms with Gasteiger partial charge in [-0.15, -0.1) is 11.3 Å². The van der Waals surface area contributed by atoms with E-state index in [-0.39, 0.29) is 6.03 Å². The number of amides is 2. The molecule has 0 spiro atoms. The van der Waals surface area contributed by atoms with Gasteiger partial charge in [0, 0.05) is 42.7 Å². The van der Waals surface area contributed by atoms with Gasteiger partial charge in [-0.1, -0.05) is 24.8 Å². The molecule has 194 valence electrons. The monoisotopic (exact) mass is 538 g/mol. The number of thioether (sulfide) groups is 1. The molecule has 2 aromatic heterocycles. The molecule has 3 atom stereocenters. The minimum Gasteiger partial charge on any atom is -0.481 e. The number of anilines is 1. The van der Waals surface area contributed by atoms with Gasteiger partial charge in [-0.25, -0.2) is 9.78 Å². The highest BCUT2D eigenvalue weighted by Gasteiger charge is 2.60. The molecular weight excluding hydrogens is 508 g/mol. The van der Waals surface area contributed by atoms with Crippen molar-refractivity contribution in [1.29, 1.82) is 0 Å². The van der Waals surface area contributed by atoms with Crippen molar-refractivity contribution in [2.45, 2.75) is 31.7 Å². The van der Waals surface area contributed by atoms with Crippen molar-refractivity contribution in [3.63, 3.8) is 0 Å². The summed E-state index contributed by atoms with van der Waals surface area (Å²) in [6, 6.07) is 9.50. The fraction of sp³-hybridized carbons (Fsp3) is 0.385. The number of aromatic nitrogens is 2. The number of benzene rings is 1. The van der Waals surface area contributed by atoms with Gasteiger partial charge < -0.3 is 26.0 Å². The fourth-order valence-corrected chi connectivity index (χ4v) is 7.60. The Bertz CT molecular complexity index is 1330. The summed E-state index contributed by atoms with van der Waals surface area (Å²) in [5, 5.41) is 21.9. The normalized spacial score (nSPS) is 25.4. The van der Waals surface area contributed by atoms with Crippen LogP contribution in [0.3, 0.4) is 0 Å². The van der Waals surface area contributed by atoms with Gasteiger partial charge in [-0.2, -0.15) is 0 Å². The Morgan fingerprint density at radius 1 is 1.27 bits per heavy atom. The first-order valence-electron chi connectivity index (χ1n) is 12.4. The number of piperidine rings is 1. The predicted molar refractivity (Wildman–Crippen MR) is 148 cm³/mol. The summed E-state index contributed by atoms with van der Waals surface area (Å²) in [7, 11) is 0. The van der Waals surface area contributed by atoms with Crippen LogP contribution in [0.5, 0.6) is 0 Å². The van der Waals surface area contributed by atoms with Crippen LogP contribution >= 0.6 is 23.1 Å². The van der Waals surface area contributed by atoms with Gasteiger partial charge in [0.2, 0.25) is 0 Å². The number of nitrogens with zero attached hydrogens (tertiary/aromatic N) is 3. The maximum Gasteiger partial charge on any atom is 0.317 e. The first-order valence-corrected chi connectivity index (χ1v) is 14.1. The van der Waals surface area contributed by atoms with Crippen LogP contribution < -0.4 is 20.9 Å². The minimum atomic E-state index is -1.08. The Labute approximate surface area is 223 Å². The summed E-state index contributed by atoms with van der Waals surface area (Å²) in [6.45, 7) is 5.29. The SMILES string of the molecule is CCNC(=O)NC1(C2CNCCC2(CC)C(=O)O)SC=CN1c1cc(-c2ccccn2)c2scnc2c1. The largest absolute Gasteiger partial charge is 0.481 e. The van der Waals surface area contributed by atoms with E-state index in [4.69, 9.17) is 0 Å². The molecule has 3 unspecified atom stereocenters. The molecule has 2 aliphatic rings. The van der Waals surface area contributed by atoms with Gasteiger partial charge in [0.1, 0.15) is 0 Å². The Hall–Kier alpha value is -3.15. The average Bonchev–Trinajstić information content (AvgIpc) is 3.56. The lowest BCUT2D eigenvalue weighted by Gasteiger charge is -2.52. The molecule has 3 aromatic rings. The number of carboxylic acids is 1. The number of urea groups is 1. The van der Waals surface area contributed by atoms with Crippen LogP contribution in [0.15, 0.2) is 53.6 Å². The van der Waals surface area contributed by atoms with Gasteiger partial charge in [-0.05, 0) is 56.0 Å². The molecule has 11 heteroatoms. The second-order valence-electron chi connectivity index (χ2n) is 9.18. The number of pyridine rings is 1. The summed E-state index contributed by atoms with van der Waals surface area (Å²) in [4.78, 5) is 36.0. The molecule has 37 heavy (non-hydrogen) atoms. The fourth-order valence-electron chi connectivity index (χ4n) is 5.51. The molecule has 9 nitrogen and oxygen atoms in total. The van der Waals surface area contributed by atoms with Crippen LogP contribution in [0, 0.1) is 11.3 Å². The number of hydrogen-bond donors (Lipinski definition) is 4. The van der Waals surface area contributed by atoms with E-state index in [1.165, 1.54) is 11.8 Å². The highest BCUT2D eigenvalue weighted by atomic mass is 32.2. The molecule has 4 N–H and O–H groups in total. The minimum absolute atomic E-state index is 0.343. The van der Waals surface area contributed by atoms with Crippen LogP contribution in [0.4, 0.5) is 10.5 Å². The lowest BCUT2D eigenvalue weighted by atomic mass is 9.67. The third kappa shape index (κ3) is 4.34. The Morgan fingerprint density at radius 3 is 2.86 bits per heavy atom. The number of thiazole rings is 1. The molecular formula is C26H30N6O3S2. The lowest BCUT2D eigenvalue weighted by Crippen LogP contribution is -2.69. The van der Waals surface area contributed by atoms with E-state index in [0.29, 0.717) is 32.5 Å². The summed E-state index contributed by atoms with van der Waals surface area (Å²) >= 11 is 2.99. The second-order valence-corrected chi connectivity index (χ2v) is 11.2. The zero-order valence-electron chi connectivity index (χ0n) is 20.7. The van der Waals surface area contributed by atoms with E-state index in [1.54, 1.807) is 17.5 Å². The molecule has 0 bridgehead atoms. The van der Waals surface area contributed by atoms with Crippen molar-refractivity contribution in [3.05, 3.63) is 53.6 Å². The number of carbonyl (C=O) groups is 2. The van der Waals surface area contributed by atoms with E-state index in [1.807, 2.05) is 60.1 Å². The van der Waals surface area contributed by atoms with Gasteiger partial charge in [0.25, 0.3) is 0 Å². The third-order valence-corrected chi connectivity index (χ3v) is 9.45. The maximum atomic E-state index is 13.1. The van der Waals surface area contributed by atoms with Crippen molar-refractivity contribution >= 4 is 51.0 Å². The molecule has 1 saturated heterocycles. The first kappa shape index (κ1) is 25.5. The molecule has 4 heterocycles. The average molecular weight is 539 g/mol. The predicted octanol–water partition coefficient (Wildman–Crippen LogP) is 4.45. The van der Waals surface area contributed by atoms with Crippen LogP contribution in [-0.4, -0.2) is 51.7 Å². The highest BCUT2D eigenvalue weighted by Crippen LogP contribution is 2.53. The molecule has 0 aliphatic carbocycles. The number of rotatable bonds is 7. The molecule has 1 fully saturated rings. The number of fused-ring (bicyclic) bond motifs is 1. The number of carboxylic acid groups (broad SMARTS) is 1. The van der Waals surface area contributed by atoms with Gasteiger partial charge in [-0.3, -0.25) is 9.78 Å². The smallest absolute Gasteiger partial charge is 0.317 e. The van der Waals surface area contributed by atoms with Crippen LogP contribution in [0.1, 0.15) is 26.7 Å². The van der Waals surface area contributed by atoms with Crippen LogP contribution in [0.25, 0.3) is 21.5 Å². The zero-order valence-corrected chi connectivity index (χ0v) is 22.4. The molecule has 0 saturated carbocycles. The van der Waals surface area contributed by atoms with E-state index in [9.17, 15) is 14.7 Å². The number of aliphatic carboxylic acids is 1. The van der Waals surface area contributed by atoms with Crippen LogP contribution in [0.2, 0.25) is 0 Å². The van der Waals surface area contributed by atoms with Crippen molar-refractivity contribution in [2.75, 3.05) is 24.5 Å². The maximum absolute atomic E-state index is 13.1. The second kappa shape index (κ2) is 10.3. The van der Waals surface area contributed by atoms with Gasteiger partial charge >= 0.3 is 12.0 Å². The Morgan fingerprint density at radius 2 is 2.14 bits per heavy atom. The number of nitrogens with one attached hydrogen (secondary N) is 3. The Balaban J connectivity index is 1.69. The van der Waals surface area contributed by atoms with E-state index in [0.717, 1.165) is 27.2 Å². The van der Waals surface area contributed by atoms with Crippen molar-refractivity contribution < 1.29 is 14.7 Å². The summed E-state index contributed by atoms with van der Waals surface area (Å²) < 4.78 is 1.02. The molecule has 2 amide bonds. The molecule has 5 rings (SSSR count). The highest BCUT2D eigenvalue weighted by molar-refractivity contribution is 8.03. The third-order valence-electron chi connectivity index (χ3n) is 7.37. The van der Waals surface area contributed by atoms with Gasteiger partial charge in [0.15, 0.2) is 4.99 Å². The molecule has 1 aromatic carbocycles. The molecule has 2 aliphatic heterocycles. The van der Waals surface area contributed by atoms with E-state index < -0.39 is 22.3 Å². The Kier molecular flexibility index (Phi) is 7.11. The van der Waals surface area contributed by atoms with Crippen LogP contribution in [-0.2, 0) is 4.79 Å².